The fourth-order valence-corrected chi connectivity index (χ4v) is 3.27. The zero-order valence-corrected chi connectivity index (χ0v) is 13.6. The zero-order chi connectivity index (χ0) is 16.1. The fourth-order valence-electron chi connectivity index (χ4n) is 2.21. The number of aromatic nitrogens is 2. The van der Waals surface area contributed by atoms with E-state index in [1.165, 1.54) is 0 Å². The molecule has 23 heavy (non-hydrogen) atoms. The van der Waals surface area contributed by atoms with Crippen LogP contribution in [0.25, 0.3) is 10.6 Å². The predicted molar refractivity (Wildman–Crippen MR) is 92.1 cm³/mol. The van der Waals surface area contributed by atoms with Crippen LogP contribution < -0.4 is 5.32 Å². The van der Waals surface area contributed by atoms with Crippen LogP contribution in [0.2, 0.25) is 0 Å². The van der Waals surface area contributed by atoms with Gasteiger partial charge in [-0.25, -0.2) is 4.98 Å². The highest BCUT2D eigenvalue weighted by molar-refractivity contribution is 7.15. The molecule has 0 unspecified atom stereocenters. The molecule has 2 heterocycles. The first-order valence-electron chi connectivity index (χ1n) is 7.39. The second kappa shape index (κ2) is 7.15. The molecule has 0 aliphatic heterocycles. The predicted octanol–water partition coefficient (Wildman–Crippen LogP) is 3.37. The molecule has 0 saturated heterocycles. The number of hydrogen-bond donors (Lipinski definition) is 1. The number of hydrogen-bond acceptors (Lipinski definition) is 4. The zero-order valence-electron chi connectivity index (χ0n) is 12.8. The summed E-state index contributed by atoms with van der Waals surface area (Å²) in [6.45, 7) is 2.47. The standard InChI is InChI=1S/C18H17N3OS/c1-13-16(23-18(21-13)15-5-3-2-4-6-15)11-17(22)20-12-14-7-9-19-10-8-14/h2-10H,11-12H2,1H3,(H,20,22). The van der Waals surface area contributed by atoms with E-state index in [-0.39, 0.29) is 5.91 Å². The van der Waals surface area contributed by atoms with E-state index in [2.05, 4.69) is 15.3 Å². The highest BCUT2D eigenvalue weighted by atomic mass is 32.1. The molecule has 0 atom stereocenters. The van der Waals surface area contributed by atoms with Crippen LogP contribution in [0.15, 0.2) is 54.9 Å². The number of nitrogens with zero attached hydrogens (tertiary/aromatic N) is 2. The van der Waals surface area contributed by atoms with Gasteiger partial charge in [-0.2, -0.15) is 0 Å². The van der Waals surface area contributed by atoms with E-state index in [1.807, 2.05) is 49.4 Å². The molecule has 1 N–H and O–H groups in total. The topological polar surface area (TPSA) is 54.9 Å². The van der Waals surface area contributed by atoms with Crippen LogP contribution in [0, 0.1) is 6.92 Å². The van der Waals surface area contributed by atoms with Crippen molar-refractivity contribution >= 4 is 17.2 Å². The molecule has 0 bridgehead atoms. The largest absolute Gasteiger partial charge is 0.352 e. The Labute approximate surface area is 139 Å². The highest BCUT2D eigenvalue weighted by Gasteiger charge is 2.12. The monoisotopic (exact) mass is 323 g/mol. The number of nitrogens with one attached hydrogen (secondary N) is 1. The molecule has 3 aromatic rings. The summed E-state index contributed by atoms with van der Waals surface area (Å²) in [5.41, 5.74) is 3.05. The lowest BCUT2D eigenvalue weighted by atomic mass is 10.2. The Balaban J connectivity index is 1.64. The summed E-state index contributed by atoms with van der Waals surface area (Å²) in [6.07, 6.45) is 3.81. The number of rotatable bonds is 5. The van der Waals surface area contributed by atoms with Crippen LogP contribution in [0.4, 0.5) is 0 Å². The molecule has 116 valence electrons. The van der Waals surface area contributed by atoms with Crippen LogP contribution in [0.1, 0.15) is 16.1 Å². The Morgan fingerprint density at radius 1 is 1.13 bits per heavy atom. The summed E-state index contributed by atoms with van der Waals surface area (Å²) in [5, 5.41) is 3.89. The summed E-state index contributed by atoms with van der Waals surface area (Å²) in [4.78, 5) is 21.7. The minimum absolute atomic E-state index is 0.00757. The van der Waals surface area contributed by atoms with Gasteiger partial charge in [0.15, 0.2) is 0 Å². The molecule has 3 rings (SSSR count). The number of carbonyl (C=O) groups excluding carboxylic acids is 1. The summed E-state index contributed by atoms with van der Waals surface area (Å²) in [5.74, 6) is 0.00757. The molecule has 1 amide bonds. The van der Waals surface area contributed by atoms with Crippen molar-refractivity contribution in [2.75, 3.05) is 0 Å². The van der Waals surface area contributed by atoms with E-state index in [0.29, 0.717) is 13.0 Å². The first-order valence-corrected chi connectivity index (χ1v) is 8.21. The molecule has 0 radical (unpaired) electrons. The molecule has 0 fully saturated rings. The maximum absolute atomic E-state index is 12.1. The van der Waals surface area contributed by atoms with Gasteiger partial charge in [0.1, 0.15) is 5.01 Å². The van der Waals surface area contributed by atoms with E-state index in [0.717, 1.165) is 26.7 Å². The molecule has 1 aromatic carbocycles. The van der Waals surface area contributed by atoms with Crippen LogP contribution in [-0.4, -0.2) is 15.9 Å². The number of benzene rings is 1. The lowest BCUT2D eigenvalue weighted by Gasteiger charge is -2.04. The maximum atomic E-state index is 12.1. The van der Waals surface area contributed by atoms with E-state index in [9.17, 15) is 4.79 Å². The number of carbonyl (C=O) groups is 1. The minimum Gasteiger partial charge on any atom is -0.352 e. The van der Waals surface area contributed by atoms with Gasteiger partial charge >= 0.3 is 0 Å². The normalized spacial score (nSPS) is 10.5. The first-order chi connectivity index (χ1) is 11.2. The van der Waals surface area contributed by atoms with Crippen LogP contribution in [0.5, 0.6) is 0 Å². The van der Waals surface area contributed by atoms with Gasteiger partial charge < -0.3 is 5.32 Å². The molecule has 4 nitrogen and oxygen atoms in total. The maximum Gasteiger partial charge on any atom is 0.225 e. The van der Waals surface area contributed by atoms with Crippen LogP contribution in [0.3, 0.4) is 0 Å². The summed E-state index contributed by atoms with van der Waals surface area (Å²) < 4.78 is 0. The van der Waals surface area contributed by atoms with Gasteiger partial charge in [-0.1, -0.05) is 30.3 Å². The van der Waals surface area contributed by atoms with E-state index in [4.69, 9.17) is 0 Å². The number of amides is 1. The van der Waals surface area contributed by atoms with Crippen molar-refractivity contribution in [1.82, 2.24) is 15.3 Å². The van der Waals surface area contributed by atoms with Crippen molar-refractivity contribution in [3.05, 3.63) is 71.0 Å². The Morgan fingerprint density at radius 3 is 2.61 bits per heavy atom. The van der Waals surface area contributed by atoms with Crippen molar-refractivity contribution in [3.8, 4) is 10.6 Å². The van der Waals surface area contributed by atoms with E-state index < -0.39 is 0 Å². The quantitative estimate of drug-likeness (QED) is 0.783. The third kappa shape index (κ3) is 4.02. The first kappa shape index (κ1) is 15.4. The molecular weight excluding hydrogens is 306 g/mol. The average Bonchev–Trinajstić information content (AvgIpc) is 2.95. The van der Waals surface area contributed by atoms with Crippen LogP contribution in [-0.2, 0) is 17.8 Å². The van der Waals surface area contributed by atoms with E-state index >= 15 is 0 Å². The molecule has 5 heteroatoms. The fraction of sp³-hybridized carbons (Fsp3) is 0.167. The molecular formula is C18H17N3OS. The summed E-state index contributed by atoms with van der Waals surface area (Å²) in [7, 11) is 0. The van der Waals surface area contributed by atoms with Gasteiger partial charge in [0.25, 0.3) is 0 Å². The minimum atomic E-state index is 0.00757. The number of pyridine rings is 1. The van der Waals surface area contributed by atoms with Crippen molar-refractivity contribution in [2.24, 2.45) is 0 Å². The van der Waals surface area contributed by atoms with Gasteiger partial charge in [-0.3, -0.25) is 9.78 Å². The second-order valence-electron chi connectivity index (χ2n) is 5.20. The van der Waals surface area contributed by atoms with Crippen molar-refractivity contribution in [1.29, 1.82) is 0 Å². The van der Waals surface area contributed by atoms with Gasteiger partial charge in [0.2, 0.25) is 5.91 Å². The molecule has 0 saturated carbocycles. The van der Waals surface area contributed by atoms with Crippen molar-refractivity contribution in [2.45, 2.75) is 19.9 Å². The van der Waals surface area contributed by atoms with Gasteiger partial charge in [0.05, 0.1) is 12.1 Å². The Hall–Kier alpha value is -2.53. The molecule has 0 spiro atoms. The van der Waals surface area contributed by atoms with Gasteiger partial charge in [-0.15, -0.1) is 11.3 Å². The summed E-state index contributed by atoms with van der Waals surface area (Å²) in [6, 6.07) is 13.8. The number of aryl methyl sites for hydroxylation is 1. The third-order valence-electron chi connectivity index (χ3n) is 3.47. The van der Waals surface area contributed by atoms with Gasteiger partial charge in [0, 0.05) is 29.4 Å². The highest BCUT2D eigenvalue weighted by Crippen LogP contribution is 2.27. The average molecular weight is 323 g/mol. The lowest BCUT2D eigenvalue weighted by molar-refractivity contribution is -0.120. The van der Waals surface area contributed by atoms with Crippen LogP contribution >= 0.6 is 11.3 Å². The molecule has 0 aliphatic carbocycles. The number of thiazole rings is 1. The smallest absolute Gasteiger partial charge is 0.225 e. The Morgan fingerprint density at radius 2 is 1.87 bits per heavy atom. The van der Waals surface area contributed by atoms with E-state index in [1.54, 1.807) is 23.7 Å². The van der Waals surface area contributed by atoms with Crippen molar-refractivity contribution in [3.63, 3.8) is 0 Å². The molecule has 0 aliphatic rings. The Kier molecular flexibility index (Phi) is 4.78. The third-order valence-corrected chi connectivity index (χ3v) is 4.68. The second-order valence-corrected chi connectivity index (χ2v) is 6.29. The Bertz CT molecular complexity index is 785. The van der Waals surface area contributed by atoms with Crippen molar-refractivity contribution < 1.29 is 4.79 Å². The lowest BCUT2D eigenvalue weighted by Crippen LogP contribution is -2.24. The SMILES string of the molecule is Cc1nc(-c2ccccc2)sc1CC(=O)NCc1ccncc1. The molecule has 2 aromatic heterocycles. The van der Waals surface area contributed by atoms with Gasteiger partial charge in [-0.05, 0) is 24.6 Å². The summed E-state index contributed by atoms with van der Waals surface area (Å²) >= 11 is 1.58.